The average Bonchev–Trinajstić information content (AvgIpc) is 3.11. The molecule has 1 aliphatic rings. The fourth-order valence-corrected chi connectivity index (χ4v) is 3.49. The van der Waals surface area contributed by atoms with Crippen LogP contribution in [-0.4, -0.2) is 41.8 Å². The maximum atomic E-state index is 4.22. The smallest absolute Gasteiger partial charge is 0.0703 e. The van der Waals surface area contributed by atoms with Gasteiger partial charge in [0, 0.05) is 29.6 Å². The molecular formula is C14H21ClN4S. The van der Waals surface area contributed by atoms with Crippen molar-refractivity contribution in [2.24, 2.45) is 5.92 Å². The average molecular weight is 313 g/mol. The Morgan fingerprint density at radius 1 is 1.55 bits per heavy atom. The van der Waals surface area contributed by atoms with Crippen molar-refractivity contribution in [2.75, 3.05) is 26.7 Å². The van der Waals surface area contributed by atoms with Crippen LogP contribution in [0.25, 0.3) is 11.3 Å². The topological polar surface area (TPSA) is 44.0 Å². The predicted molar refractivity (Wildman–Crippen MR) is 86.5 cm³/mol. The molecule has 4 nitrogen and oxygen atoms in total. The summed E-state index contributed by atoms with van der Waals surface area (Å²) in [4.78, 5) is 2.53. The minimum Gasteiger partial charge on any atom is -0.319 e. The van der Waals surface area contributed by atoms with Gasteiger partial charge in [-0.25, -0.2) is 0 Å². The molecule has 0 saturated carbocycles. The van der Waals surface area contributed by atoms with Gasteiger partial charge in [0.05, 0.1) is 11.9 Å². The van der Waals surface area contributed by atoms with Gasteiger partial charge in [0.25, 0.3) is 0 Å². The van der Waals surface area contributed by atoms with Crippen LogP contribution in [0.3, 0.4) is 0 Å². The van der Waals surface area contributed by atoms with Crippen molar-refractivity contribution >= 4 is 23.7 Å². The second kappa shape index (κ2) is 7.22. The van der Waals surface area contributed by atoms with Gasteiger partial charge in [-0.3, -0.25) is 10.00 Å². The molecule has 0 aromatic carbocycles. The molecule has 2 aromatic rings. The summed E-state index contributed by atoms with van der Waals surface area (Å²) in [6.07, 6.45) is 3.27. The van der Waals surface area contributed by atoms with Crippen LogP contribution in [-0.2, 0) is 6.54 Å². The van der Waals surface area contributed by atoms with Crippen molar-refractivity contribution in [1.29, 1.82) is 0 Å². The summed E-state index contributed by atoms with van der Waals surface area (Å²) in [5.41, 5.74) is 3.74. The number of likely N-dealkylation sites (tertiary alicyclic amines) is 1. The van der Waals surface area contributed by atoms with E-state index in [1.165, 1.54) is 36.3 Å². The van der Waals surface area contributed by atoms with E-state index in [0.29, 0.717) is 0 Å². The zero-order valence-electron chi connectivity index (χ0n) is 11.6. The van der Waals surface area contributed by atoms with E-state index < -0.39 is 0 Å². The Labute approximate surface area is 130 Å². The minimum absolute atomic E-state index is 0. The van der Waals surface area contributed by atoms with Crippen molar-refractivity contribution in [3.05, 3.63) is 28.6 Å². The molecular weight excluding hydrogens is 292 g/mol. The highest BCUT2D eigenvalue weighted by Gasteiger charge is 2.23. The lowest BCUT2D eigenvalue weighted by Crippen LogP contribution is -2.24. The van der Waals surface area contributed by atoms with E-state index in [9.17, 15) is 0 Å². The molecule has 1 atom stereocenters. The number of halogens is 1. The van der Waals surface area contributed by atoms with Gasteiger partial charge < -0.3 is 5.32 Å². The molecule has 0 bridgehead atoms. The quantitative estimate of drug-likeness (QED) is 0.892. The Morgan fingerprint density at radius 2 is 2.45 bits per heavy atom. The van der Waals surface area contributed by atoms with E-state index in [1.807, 2.05) is 13.2 Å². The van der Waals surface area contributed by atoms with Crippen LogP contribution < -0.4 is 5.32 Å². The highest BCUT2D eigenvalue weighted by Crippen LogP contribution is 2.26. The first-order valence-corrected chi connectivity index (χ1v) is 7.73. The van der Waals surface area contributed by atoms with E-state index >= 15 is 0 Å². The van der Waals surface area contributed by atoms with Gasteiger partial charge in [0.1, 0.15) is 0 Å². The molecule has 20 heavy (non-hydrogen) atoms. The van der Waals surface area contributed by atoms with Crippen molar-refractivity contribution in [3.63, 3.8) is 0 Å². The standard InChI is InChI=1S/C14H20N4S.ClH/c1-15-6-11-2-4-18(8-11)9-13-7-16-17-14(13)12-3-5-19-10-12;/h3,5,7,10-11,15H,2,4,6,8-9H2,1H3,(H,16,17);1H. The molecule has 1 fully saturated rings. The minimum atomic E-state index is 0. The second-order valence-electron chi connectivity index (χ2n) is 5.23. The molecule has 0 radical (unpaired) electrons. The third-order valence-electron chi connectivity index (χ3n) is 3.78. The molecule has 0 spiro atoms. The van der Waals surface area contributed by atoms with Gasteiger partial charge in [-0.1, -0.05) is 0 Å². The normalized spacial score (nSPS) is 19.1. The lowest BCUT2D eigenvalue weighted by atomic mass is 10.1. The number of nitrogens with zero attached hydrogens (tertiary/aromatic N) is 2. The van der Waals surface area contributed by atoms with E-state index in [1.54, 1.807) is 11.3 Å². The predicted octanol–water partition coefficient (Wildman–Crippen LogP) is 2.60. The zero-order valence-corrected chi connectivity index (χ0v) is 13.3. The van der Waals surface area contributed by atoms with Crippen LogP contribution in [0.15, 0.2) is 23.0 Å². The van der Waals surface area contributed by atoms with Crippen LogP contribution in [0.2, 0.25) is 0 Å². The first-order chi connectivity index (χ1) is 9.36. The number of rotatable bonds is 5. The summed E-state index contributed by atoms with van der Waals surface area (Å²) in [6, 6.07) is 2.15. The molecule has 2 aromatic heterocycles. The van der Waals surface area contributed by atoms with Crippen molar-refractivity contribution in [2.45, 2.75) is 13.0 Å². The monoisotopic (exact) mass is 312 g/mol. The number of nitrogens with one attached hydrogen (secondary N) is 2. The van der Waals surface area contributed by atoms with Gasteiger partial charge >= 0.3 is 0 Å². The third kappa shape index (κ3) is 3.41. The van der Waals surface area contributed by atoms with Crippen LogP contribution in [0.5, 0.6) is 0 Å². The highest BCUT2D eigenvalue weighted by atomic mass is 35.5. The van der Waals surface area contributed by atoms with E-state index in [2.05, 4.69) is 37.2 Å². The van der Waals surface area contributed by atoms with Gasteiger partial charge in [0.15, 0.2) is 0 Å². The molecule has 0 amide bonds. The summed E-state index contributed by atoms with van der Waals surface area (Å²) >= 11 is 1.73. The molecule has 110 valence electrons. The lowest BCUT2D eigenvalue weighted by Gasteiger charge is -2.15. The number of H-pyrrole nitrogens is 1. The Bertz CT molecular complexity index is 511. The van der Waals surface area contributed by atoms with E-state index in [-0.39, 0.29) is 12.4 Å². The summed E-state index contributed by atoms with van der Waals surface area (Å²) in [5, 5.41) is 14.9. The fraction of sp³-hybridized carbons (Fsp3) is 0.500. The molecule has 1 aliphatic heterocycles. The third-order valence-corrected chi connectivity index (χ3v) is 4.47. The molecule has 1 unspecified atom stereocenters. The lowest BCUT2D eigenvalue weighted by molar-refractivity contribution is 0.316. The highest BCUT2D eigenvalue weighted by molar-refractivity contribution is 7.08. The van der Waals surface area contributed by atoms with Gasteiger partial charge in [-0.2, -0.15) is 16.4 Å². The SMILES string of the molecule is CNCC1CCN(Cc2cn[nH]c2-c2ccsc2)C1.Cl. The van der Waals surface area contributed by atoms with Crippen molar-refractivity contribution < 1.29 is 0 Å². The number of hydrogen-bond acceptors (Lipinski definition) is 4. The van der Waals surface area contributed by atoms with Crippen LogP contribution in [0.1, 0.15) is 12.0 Å². The summed E-state index contributed by atoms with van der Waals surface area (Å²) in [7, 11) is 2.04. The second-order valence-corrected chi connectivity index (χ2v) is 6.01. The Balaban J connectivity index is 0.00000147. The number of aromatic amines is 1. The van der Waals surface area contributed by atoms with Crippen molar-refractivity contribution in [3.8, 4) is 11.3 Å². The zero-order chi connectivity index (χ0) is 13.1. The van der Waals surface area contributed by atoms with E-state index in [4.69, 9.17) is 0 Å². The van der Waals surface area contributed by atoms with Gasteiger partial charge in [0.2, 0.25) is 0 Å². The molecule has 0 aliphatic carbocycles. The maximum absolute atomic E-state index is 4.22. The van der Waals surface area contributed by atoms with Crippen LogP contribution >= 0.6 is 23.7 Å². The van der Waals surface area contributed by atoms with Gasteiger partial charge in [-0.05, 0) is 43.9 Å². The fourth-order valence-electron chi connectivity index (χ4n) is 2.84. The Morgan fingerprint density at radius 3 is 3.20 bits per heavy atom. The molecule has 2 N–H and O–H groups in total. The number of hydrogen-bond donors (Lipinski definition) is 2. The summed E-state index contributed by atoms with van der Waals surface area (Å²) in [6.45, 7) is 4.51. The van der Waals surface area contributed by atoms with Crippen LogP contribution in [0, 0.1) is 5.92 Å². The molecule has 6 heteroatoms. The number of aromatic nitrogens is 2. The van der Waals surface area contributed by atoms with Gasteiger partial charge in [-0.15, -0.1) is 12.4 Å². The largest absolute Gasteiger partial charge is 0.319 e. The Hall–Kier alpha value is -0.880. The summed E-state index contributed by atoms with van der Waals surface area (Å²) in [5.74, 6) is 0.793. The van der Waals surface area contributed by atoms with Crippen LogP contribution in [0.4, 0.5) is 0 Å². The summed E-state index contributed by atoms with van der Waals surface area (Å²) < 4.78 is 0. The van der Waals surface area contributed by atoms with Crippen molar-refractivity contribution in [1.82, 2.24) is 20.4 Å². The number of thiophene rings is 1. The molecule has 1 saturated heterocycles. The first kappa shape index (κ1) is 15.5. The Kier molecular flexibility index (Phi) is 5.60. The first-order valence-electron chi connectivity index (χ1n) is 6.78. The maximum Gasteiger partial charge on any atom is 0.0703 e. The molecule has 3 heterocycles. The van der Waals surface area contributed by atoms with E-state index in [0.717, 1.165) is 19.0 Å². The molecule has 3 rings (SSSR count).